The van der Waals surface area contributed by atoms with E-state index in [2.05, 4.69) is 5.32 Å². The van der Waals surface area contributed by atoms with E-state index in [9.17, 15) is 9.59 Å². The molecule has 0 radical (unpaired) electrons. The number of benzene rings is 1. The van der Waals surface area contributed by atoms with Crippen LogP contribution in [0.25, 0.3) is 0 Å². The molecule has 1 aromatic carbocycles. The lowest BCUT2D eigenvalue weighted by Gasteiger charge is -2.60. The molecule has 0 saturated heterocycles. The zero-order chi connectivity index (χ0) is 19.9. The van der Waals surface area contributed by atoms with Gasteiger partial charge in [-0.3, -0.25) is 9.59 Å². The molecular formula is C21H25Cl2NO4. The number of nitrogens with one attached hydrogen (secondary N) is 1. The predicted octanol–water partition coefficient (Wildman–Crippen LogP) is 4.39. The third-order valence-corrected chi connectivity index (χ3v) is 7.01. The van der Waals surface area contributed by atoms with Gasteiger partial charge in [0.1, 0.15) is 13.2 Å². The van der Waals surface area contributed by atoms with E-state index in [0.717, 1.165) is 32.1 Å². The van der Waals surface area contributed by atoms with E-state index >= 15 is 0 Å². The maximum atomic E-state index is 13.0. The van der Waals surface area contributed by atoms with Gasteiger partial charge in [-0.15, -0.1) is 0 Å². The van der Waals surface area contributed by atoms with Crippen molar-refractivity contribution in [3.05, 3.63) is 28.2 Å². The van der Waals surface area contributed by atoms with E-state index < -0.39 is 5.41 Å². The molecule has 4 bridgehead atoms. The van der Waals surface area contributed by atoms with Gasteiger partial charge < -0.3 is 14.8 Å². The van der Waals surface area contributed by atoms with E-state index in [4.69, 9.17) is 32.7 Å². The molecule has 0 heterocycles. The summed E-state index contributed by atoms with van der Waals surface area (Å²) >= 11 is 12.2. The Labute approximate surface area is 175 Å². The van der Waals surface area contributed by atoms with E-state index in [1.54, 1.807) is 25.1 Å². The molecule has 5 rings (SSSR count). The molecule has 1 amide bonds. The average Bonchev–Trinajstić information content (AvgIpc) is 2.58. The van der Waals surface area contributed by atoms with Crippen LogP contribution in [0.4, 0.5) is 0 Å². The number of para-hydroxylation sites is 1. The first-order valence-electron chi connectivity index (χ1n) is 9.84. The second-order valence-electron chi connectivity index (χ2n) is 8.74. The first-order chi connectivity index (χ1) is 13.3. The van der Waals surface area contributed by atoms with Crippen molar-refractivity contribution in [1.82, 2.24) is 5.32 Å². The Morgan fingerprint density at radius 2 is 1.75 bits per heavy atom. The molecular weight excluding hydrogens is 401 g/mol. The SMILES string of the molecule is CC(=O)NC12CC3CC(C1)CC(C(=O)OCCOc1c(Cl)cccc1Cl)(C3)C2. The van der Waals surface area contributed by atoms with Gasteiger partial charge in [-0.25, -0.2) is 0 Å². The third kappa shape index (κ3) is 3.71. The minimum atomic E-state index is -0.478. The van der Waals surface area contributed by atoms with Crippen LogP contribution >= 0.6 is 23.2 Å². The normalized spacial score (nSPS) is 32.8. The van der Waals surface area contributed by atoms with Crippen LogP contribution in [0.5, 0.6) is 5.75 Å². The first kappa shape index (κ1) is 19.8. The minimum Gasteiger partial charge on any atom is -0.487 e. The maximum Gasteiger partial charge on any atom is 0.312 e. The van der Waals surface area contributed by atoms with Crippen LogP contribution in [0.15, 0.2) is 18.2 Å². The predicted molar refractivity (Wildman–Crippen MR) is 107 cm³/mol. The highest BCUT2D eigenvalue weighted by atomic mass is 35.5. The van der Waals surface area contributed by atoms with Gasteiger partial charge in [0.15, 0.2) is 5.75 Å². The number of carbonyl (C=O) groups excluding carboxylic acids is 2. The summed E-state index contributed by atoms with van der Waals surface area (Å²) in [7, 11) is 0. The molecule has 28 heavy (non-hydrogen) atoms. The second-order valence-corrected chi connectivity index (χ2v) is 9.55. The highest BCUT2D eigenvalue weighted by molar-refractivity contribution is 6.37. The Morgan fingerprint density at radius 3 is 2.36 bits per heavy atom. The summed E-state index contributed by atoms with van der Waals surface area (Å²) in [6, 6.07) is 5.15. The van der Waals surface area contributed by atoms with Crippen LogP contribution in [0.2, 0.25) is 10.0 Å². The summed E-state index contributed by atoms with van der Waals surface area (Å²) in [5.74, 6) is 1.19. The highest BCUT2D eigenvalue weighted by Gasteiger charge is 2.61. The molecule has 4 aliphatic rings. The fraction of sp³-hybridized carbons (Fsp3) is 0.619. The number of ether oxygens (including phenoxy) is 2. The number of amides is 1. The standard InChI is InChI=1S/C21H25Cl2NO4/c1-13(25)24-21-10-14-7-15(11-21)9-20(8-14,12-21)19(26)28-6-5-27-18-16(22)3-2-4-17(18)23/h2-4,14-15H,5-12H2,1H3,(H,24,25). The average molecular weight is 426 g/mol. The van der Waals surface area contributed by atoms with E-state index in [1.807, 2.05) is 0 Å². The van der Waals surface area contributed by atoms with Crippen molar-refractivity contribution in [3.63, 3.8) is 0 Å². The third-order valence-electron chi connectivity index (χ3n) is 6.42. The molecule has 0 spiro atoms. The van der Waals surface area contributed by atoms with Gasteiger partial charge in [-0.2, -0.15) is 0 Å². The molecule has 4 aliphatic carbocycles. The van der Waals surface area contributed by atoms with Crippen molar-refractivity contribution in [2.75, 3.05) is 13.2 Å². The van der Waals surface area contributed by atoms with E-state index in [0.29, 0.717) is 34.1 Å². The summed E-state index contributed by atoms with van der Waals surface area (Å²) < 4.78 is 11.2. The Hall–Kier alpha value is -1.46. The van der Waals surface area contributed by atoms with Gasteiger partial charge in [0, 0.05) is 12.5 Å². The van der Waals surface area contributed by atoms with Crippen LogP contribution < -0.4 is 10.1 Å². The van der Waals surface area contributed by atoms with Crippen molar-refractivity contribution in [2.45, 2.75) is 51.0 Å². The van der Waals surface area contributed by atoms with Gasteiger partial charge in [0.05, 0.1) is 15.5 Å². The van der Waals surface area contributed by atoms with Crippen LogP contribution in [0, 0.1) is 17.3 Å². The van der Waals surface area contributed by atoms with Gasteiger partial charge in [0.2, 0.25) is 5.91 Å². The summed E-state index contributed by atoms with van der Waals surface area (Å²) in [6.07, 6.45) is 5.52. The molecule has 152 valence electrons. The molecule has 7 heteroatoms. The Balaban J connectivity index is 1.37. The number of esters is 1. The van der Waals surface area contributed by atoms with Crippen LogP contribution in [-0.2, 0) is 14.3 Å². The van der Waals surface area contributed by atoms with Gasteiger partial charge in [-0.05, 0) is 62.5 Å². The van der Waals surface area contributed by atoms with Crippen molar-refractivity contribution in [3.8, 4) is 5.75 Å². The smallest absolute Gasteiger partial charge is 0.312 e. The number of hydrogen-bond donors (Lipinski definition) is 1. The van der Waals surface area contributed by atoms with Crippen LogP contribution in [-0.4, -0.2) is 30.6 Å². The van der Waals surface area contributed by atoms with Crippen molar-refractivity contribution < 1.29 is 19.1 Å². The Bertz CT molecular complexity index is 762. The number of hydrogen-bond acceptors (Lipinski definition) is 4. The molecule has 0 aromatic heterocycles. The molecule has 1 aromatic rings. The maximum absolute atomic E-state index is 13.0. The fourth-order valence-electron chi connectivity index (χ4n) is 6.07. The van der Waals surface area contributed by atoms with E-state index in [1.165, 1.54) is 0 Å². The highest BCUT2D eigenvalue weighted by Crippen LogP contribution is 2.62. The fourth-order valence-corrected chi connectivity index (χ4v) is 6.58. The van der Waals surface area contributed by atoms with Gasteiger partial charge in [-0.1, -0.05) is 29.3 Å². The van der Waals surface area contributed by atoms with Crippen LogP contribution in [0.1, 0.15) is 45.4 Å². The second kappa shape index (κ2) is 7.42. The molecule has 4 fully saturated rings. The Kier molecular flexibility index (Phi) is 5.25. The van der Waals surface area contributed by atoms with Gasteiger partial charge >= 0.3 is 5.97 Å². The number of rotatable bonds is 6. The molecule has 2 unspecified atom stereocenters. The lowest BCUT2D eigenvalue weighted by molar-refractivity contribution is -0.176. The zero-order valence-electron chi connectivity index (χ0n) is 15.9. The molecule has 4 saturated carbocycles. The summed E-state index contributed by atoms with van der Waals surface area (Å²) in [6.45, 7) is 1.89. The number of halogens is 2. The lowest BCUT2D eigenvalue weighted by atomic mass is 9.47. The van der Waals surface area contributed by atoms with E-state index in [-0.39, 0.29) is 30.6 Å². The first-order valence-corrected chi connectivity index (χ1v) is 10.6. The minimum absolute atomic E-state index is 0.0181. The van der Waals surface area contributed by atoms with Crippen LogP contribution in [0.3, 0.4) is 0 Å². The summed E-state index contributed by atoms with van der Waals surface area (Å²) in [5, 5.41) is 4.02. The molecule has 0 aliphatic heterocycles. The Morgan fingerprint density at radius 1 is 1.11 bits per heavy atom. The number of carbonyl (C=O) groups is 2. The van der Waals surface area contributed by atoms with Crippen molar-refractivity contribution in [2.24, 2.45) is 17.3 Å². The molecule has 1 N–H and O–H groups in total. The lowest BCUT2D eigenvalue weighted by Crippen LogP contribution is -2.64. The largest absolute Gasteiger partial charge is 0.487 e. The topological polar surface area (TPSA) is 64.6 Å². The molecule has 5 nitrogen and oxygen atoms in total. The monoisotopic (exact) mass is 425 g/mol. The van der Waals surface area contributed by atoms with Crippen molar-refractivity contribution in [1.29, 1.82) is 0 Å². The van der Waals surface area contributed by atoms with Crippen molar-refractivity contribution >= 4 is 35.1 Å². The summed E-state index contributed by atoms with van der Waals surface area (Å²) in [5.41, 5.74) is -0.717. The summed E-state index contributed by atoms with van der Waals surface area (Å²) in [4.78, 5) is 24.8. The van der Waals surface area contributed by atoms with Gasteiger partial charge in [0.25, 0.3) is 0 Å². The molecule has 2 atom stereocenters. The zero-order valence-corrected chi connectivity index (χ0v) is 17.4. The quantitative estimate of drug-likeness (QED) is 0.541.